The number of benzene rings is 2. The van der Waals surface area contributed by atoms with Crippen LogP contribution in [0.15, 0.2) is 48.5 Å². The Labute approximate surface area is 211 Å². The van der Waals surface area contributed by atoms with Crippen molar-refractivity contribution in [2.45, 2.75) is 39.3 Å². The molecule has 1 aliphatic rings. The van der Waals surface area contributed by atoms with Crippen LogP contribution < -0.4 is 4.74 Å². The fourth-order valence-corrected chi connectivity index (χ4v) is 4.20. The zero-order valence-electron chi connectivity index (χ0n) is 21.2. The smallest absolute Gasteiger partial charge is 0.222 e. The SMILES string of the molecule is CC(C)COCC(O)CN(Cc1c(-c2ccccc2)nn(C)c1Oc1ccc(F)cc1F)CC1CC1. The Balaban J connectivity index is 1.63. The van der Waals surface area contributed by atoms with E-state index in [4.69, 9.17) is 14.6 Å². The Morgan fingerprint density at radius 1 is 1.11 bits per heavy atom. The van der Waals surface area contributed by atoms with Crippen LogP contribution in [0.1, 0.15) is 32.3 Å². The minimum absolute atomic E-state index is 0.0730. The van der Waals surface area contributed by atoms with E-state index in [0.29, 0.717) is 37.4 Å². The molecule has 0 radical (unpaired) electrons. The van der Waals surface area contributed by atoms with Gasteiger partial charge in [-0.1, -0.05) is 44.2 Å². The maximum atomic E-state index is 14.5. The van der Waals surface area contributed by atoms with E-state index in [1.165, 1.54) is 25.0 Å². The molecule has 3 aromatic rings. The molecule has 194 valence electrons. The highest BCUT2D eigenvalue weighted by molar-refractivity contribution is 5.65. The maximum Gasteiger partial charge on any atom is 0.222 e. The second-order valence-corrected chi connectivity index (χ2v) is 10.0. The molecule has 1 atom stereocenters. The molecule has 2 aromatic carbocycles. The summed E-state index contributed by atoms with van der Waals surface area (Å²) < 4.78 is 41.2. The fraction of sp³-hybridized carbons (Fsp3) is 0.464. The summed E-state index contributed by atoms with van der Waals surface area (Å²) in [5.41, 5.74) is 2.41. The van der Waals surface area contributed by atoms with Crippen LogP contribution in [0.5, 0.6) is 11.6 Å². The first-order chi connectivity index (χ1) is 17.3. The monoisotopic (exact) mass is 499 g/mol. The van der Waals surface area contributed by atoms with Crippen LogP contribution in [0.2, 0.25) is 0 Å². The van der Waals surface area contributed by atoms with Crippen LogP contribution in [-0.4, -0.2) is 52.2 Å². The molecule has 1 aliphatic carbocycles. The lowest BCUT2D eigenvalue weighted by Crippen LogP contribution is -2.36. The number of aromatic nitrogens is 2. The Morgan fingerprint density at radius 3 is 2.53 bits per heavy atom. The van der Waals surface area contributed by atoms with Gasteiger partial charge in [-0.15, -0.1) is 0 Å². The molecule has 0 amide bonds. The normalized spacial score (nSPS) is 14.6. The molecule has 1 heterocycles. The molecule has 1 fully saturated rings. The summed E-state index contributed by atoms with van der Waals surface area (Å²) in [7, 11) is 1.74. The van der Waals surface area contributed by atoms with Gasteiger partial charge in [0.25, 0.3) is 0 Å². The topological polar surface area (TPSA) is 59.8 Å². The molecule has 1 saturated carbocycles. The zero-order valence-corrected chi connectivity index (χ0v) is 21.2. The van der Waals surface area contributed by atoms with Gasteiger partial charge in [-0.25, -0.2) is 13.5 Å². The molecule has 1 N–H and O–H groups in total. The Kier molecular flexibility index (Phi) is 8.72. The Bertz CT molecular complexity index is 1130. The number of aliphatic hydroxyl groups is 1. The number of hydrogen-bond acceptors (Lipinski definition) is 5. The molecule has 0 spiro atoms. The number of halogens is 2. The van der Waals surface area contributed by atoms with Crippen molar-refractivity contribution in [3.05, 3.63) is 65.7 Å². The van der Waals surface area contributed by atoms with E-state index in [2.05, 4.69) is 18.7 Å². The lowest BCUT2D eigenvalue weighted by Gasteiger charge is -2.26. The van der Waals surface area contributed by atoms with Crippen LogP contribution >= 0.6 is 0 Å². The molecule has 1 aromatic heterocycles. The van der Waals surface area contributed by atoms with E-state index < -0.39 is 17.7 Å². The van der Waals surface area contributed by atoms with Crippen molar-refractivity contribution in [1.82, 2.24) is 14.7 Å². The average molecular weight is 500 g/mol. The molecule has 6 nitrogen and oxygen atoms in total. The minimum atomic E-state index is -0.782. The van der Waals surface area contributed by atoms with Gasteiger partial charge in [-0.05, 0) is 36.8 Å². The summed E-state index contributed by atoms with van der Waals surface area (Å²) in [6.07, 6.45) is 1.69. The quantitative estimate of drug-likeness (QED) is 0.341. The van der Waals surface area contributed by atoms with Gasteiger partial charge in [0.05, 0.1) is 18.3 Å². The third-order valence-electron chi connectivity index (χ3n) is 6.06. The summed E-state index contributed by atoms with van der Waals surface area (Å²) in [4.78, 5) is 2.19. The van der Waals surface area contributed by atoms with Crippen LogP contribution in [0.4, 0.5) is 8.78 Å². The number of nitrogens with zero attached hydrogens (tertiary/aromatic N) is 3. The minimum Gasteiger partial charge on any atom is -0.436 e. The second kappa shape index (κ2) is 12.0. The largest absolute Gasteiger partial charge is 0.436 e. The van der Waals surface area contributed by atoms with Crippen LogP contribution in [0.3, 0.4) is 0 Å². The third kappa shape index (κ3) is 7.12. The van der Waals surface area contributed by atoms with E-state index in [9.17, 15) is 13.9 Å². The molecule has 4 rings (SSSR count). The van der Waals surface area contributed by atoms with Crippen molar-refractivity contribution in [1.29, 1.82) is 0 Å². The Hall–Kier alpha value is -2.81. The number of ether oxygens (including phenoxy) is 2. The van der Waals surface area contributed by atoms with Crippen molar-refractivity contribution < 1.29 is 23.4 Å². The van der Waals surface area contributed by atoms with Gasteiger partial charge >= 0.3 is 0 Å². The van der Waals surface area contributed by atoms with Gasteiger partial charge in [-0.2, -0.15) is 5.10 Å². The van der Waals surface area contributed by atoms with E-state index in [-0.39, 0.29) is 12.4 Å². The maximum absolute atomic E-state index is 14.5. The van der Waals surface area contributed by atoms with E-state index in [0.717, 1.165) is 29.4 Å². The highest BCUT2D eigenvalue weighted by atomic mass is 19.1. The zero-order chi connectivity index (χ0) is 25.7. The summed E-state index contributed by atoms with van der Waals surface area (Å²) in [5, 5.41) is 15.4. The van der Waals surface area contributed by atoms with E-state index in [1.54, 1.807) is 11.7 Å². The van der Waals surface area contributed by atoms with Crippen molar-refractivity contribution in [2.75, 3.05) is 26.3 Å². The van der Waals surface area contributed by atoms with Crippen LogP contribution in [0, 0.1) is 23.5 Å². The fourth-order valence-electron chi connectivity index (χ4n) is 4.20. The van der Waals surface area contributed by atoms with E-state index >= 15 is 0 Å². The number of rotatable bonds is 13. The predicted octanol–water partition coefficient (Wildman–Crippen LogP) is 5.40. The molecule has 0 bridgehead atoms. The van der Waals surface area contributed by atoms with Crippen molar-refractivity contribution in [3.63, 3.8) is 0 Å². The highest BCUT2D eigenvalue weighted by Crippen LogP contribution is 2.36. The predicted molar refractivity (Wildman–Crippen MR) is 135 cm³/mol. The second-order valence-electron chi connectivity index (χ2n) is 10.0. The summed E-state index contributed by atoms with van der Waals surface area (Å²) in [6.45, 7) is 6.73. The van der Waals surface area contributed by atoms with Gasteiger partial charge in [0, 0.05) is 44.9 Å². The molecule has 36 heavy (non-hydrogen) atoms. The van der Waals surface area contributed by atoms with Crippen LogP contribution in [-0.2, 0) is 18.3 Å². The highest BCUT2D eigenvalue weighted by Gasteiger charge is 2.29. The Morgan fingerprint density at radius 2 is 1.86 bits per heavy atom. The first kappa shape index (κ1) is 26.3. The number of hydrogen-bond donors (Lipinski definition) is 1. The number of aryl methyl sites for hydroxylation is 1. The first-order valence-electron chi connectivity index (χ1n) is 12.5. The molecular formula is C28H35F2N3O3. The molecular weight excluding hydrogens is 464 g/mol. The van der Waals surface area contributed by atoms with Gasteiger partial charge in [-0.3, -0.25) is 4.90 Å². The van der Waals surface area contributed by atoms with Crippen molar-refractivity contribution in [3.8, 4) is 22.9 Å². The molecule has 1 unspecified atom stereocenters. The summed E-state index contributed by atoms with van der Waals surface area (Å²) in [5.74, 6) is -0.156. The van der Waals surface area contributed by atoms with Crippen molar-refractivity contribution in [2.24, 2.45) is 18.9 Å². The van der Waals surface area contributed by atoms with Gasteiger partial charge in [0.2, 0.25) is 5.88 Å². The third-order valence-corrected chi connectivity index (χ3v) is 6.06. The molecule has 0 saturated heterocycles. The summed E-state index contributed by atoms with van der Waals surface area (Å²) in [6, 6.07) is 13.0. The lowest BCUT2D eigenvalue weighted by molar-refractivity contribution is 0.00613. The molecule has 8 heteroatoms. The molecule has 0 aliphatic heterocycles. The van der Waals surface area contributed by atoms with E-state index in [1.807, 2.05) is 30.3 Å². The standard InChI is InChI=1S/C28H35F2N3O3/c1-19(2)17-35-18-23(34)15-33(14-20-9-10-20)16-24-27(21-7-5-4-6-8-21)31-32(3)28(24)36-26-12-11-22(29)13-25(26)30/h4-8,11-13,19-20,23,34H,9-10,14-18H2,1-3H3. The summed E-state index contributed by atoms with van der Waals surface area (Å²) >= 11 is 0. The average Bonchev–Trinajstić information content (AvgIpc) is 3.59. The lowest BCUT2D eigenvalue weighted by atomic mass is 10.1. The van der Waals surface area contributed by atoms with Gasteiger partial charge < -0.3 is 14.6 Å². The number of aliphatic hydroxyl groups excluding tert-OH is 1. The first-order valence-corrected chi connectivity index (χ1v) is 12.5. The van der Waals surface area contributed by atoms with Crippen molar-refractivity contribution >= 4 is 0 Å². The van der Waals surface area contributed by atoms with Gasteiger partial charge in [0.1, 0.15) is 11.5 Å². The van der Waals surface area contributed by atoms with Gasteiger partial charge in [0.15, 0.2) is 11.6 Å². The van der Waals surface area contributed by atoms with Crippen LogP contribution in [0.25, 0.3) is 11.3 Å².